The molecule has 0 amide bonds. The topological polar surface area (TPSA) is 70.6 Å². The lowest BCUT2D eigenvalue weighted by atomic mass is 9.96. The average Bonchev–Trinajstić information content (AvgIpc) is 2.27. The number of nitrogens with two attached hydrogens (primary N) is 1. The van der Waals surface area contributed by atoms with Crippen molar-refractivity contribution in [3.05, 3.63) is 35.9 Å². The van der Waals surface area contributed by atoms with Gasteiger partial charge in [0.15, 0.2) is 5.96 Å². The first kappa shape index (κ1) is 15.2. The number of halogens is 1. The van der Waals surface area contributed by atoms with Gasteiger partial charge in [0.2, 0.25) is 0 Å². The minimum atomic E-state index is -0.948. The van der Waals surface area contributed by atoms with Crippen LogP contribution in [0.4, 0.5) is 0 Å². The van der Waals surface area contributed by atoms with Crippen LogP contribution in [0.15, 0.2) is 35.3 Å². The summed E-state index contributed by atoms with van der Waals surface area (Å²) in [5, 5.41) is 13.0. The molecule has 0 aliphatic heterocycles. The fourth-order valence-electron chi connectivity index (χ4n) is 1.24. The summed E-state index contributed by atoms with van der Waals surface area (Å²) in [7, 11) is 1.60. The summed E-state index contributed by atoms with van der Waals surface area (Å²) >= 11 is 0. The number of hydrogen-bond acceptors (Lipinski definition) is 2. The summed E-state index contributed by atoms with van der Waals surface area (Å²) in [6.07, 6.45) is 0. The number of hydrogen-bond donors (Lipinski definition) is 3. The fourth-order valence-corrected chi connectivity index (χ4v) is 1.24. The van der Waals surface area contributed by atoms with Gasteiger partial charge in [-0.05, 0) is 12.5 Å². The first-order valence-electron chi connectivity index (χ1n) is 4.80. The van der Waals surface area contributed by atoms with Crippen LogP contribution in [0, 0.1) is 0 Å². The maximum absolute atomic E-state index is 10.2. The molecule has 0 bridgehead atoms. The van der Waals surface area contributed by atoms with Crippen molar-refractivity contribution >= 4 is 29.9 Å². The Balaban J connectivity index is 0.00000225. The van der Waals surface area contributed by atoms with E-state index in [1.165, 1.54) is 0 Å². The molecule has 0 fully saturated rings. The summed E-state index contributed by atoms with van der Waals surface area (Å²) in [5.41, 5.74) is 5.39. The Morgan fingerprint density at radius 3 is 2.50 bits per heavy atom. The minimum Gasteiger partial charge on any atom is -0.384 e. The van der Waals surface area contributed by atoms with E-state index in [-0.39, 0.29) is 24.0 Å². The van der Waals surface area contributed by atoms with E-state index in [9.17, 15) is 5.11 Å². The van der Waals surface area contributed by atoms with Crippen molar-refractivity contribution in [2.45, 2.75) is 12.5 Å². The molecule has 1 aromatic carbocycles. The van der Waals surface area contributed by atoms with Gasteiger partial charge >= 0.3 is 0 Å². The monoisotopic (exact) mass is 335 g/mol. The molecule has 90 valence electrons. The Morgan fingerprint density at radius 1 is 1.44 bits per heavy atom. The van der Waals surface area contributed by atoms with E-state index in [0.717, 1.165) is 5.56 Å². The molecule has 0 aliphatic rings. The third-order valence-corrected chi connectivity index (χ3v) is 2.25. The van der Waals surface area contributed by atoms with Crippen LogP contribution in [-0.2, 0) is 5.60 Å². The molecular formula is C11H18IN3O. The molecule has 0 spiro atoms. The van der Waals surface area contributed by atoms with Crippen LogP contribution >= 0.6 is 24.0 Å². The van der Waals surface area contributed by atoms with Gasteiger partial charge in [-0.3, -0.25) is 4.99 Å². The van der Waals surface area contributed by atoms with Crippen molar-refractivity contribution in [3.63, 3.8) is 0 Å². The molecule has 0 aromatic heterocycles. The van der Waals surface area contributed by atoms with Gasteiger partial charge in [0.1, 0.15) is 5.60 Å². The highest BCUT2D eigenvalue weighted by Crippen LogP contribution is 2.18. The molecular weight excluding hydrogens is 317 g/mol. The number of aliphatic imine (C=N–C) groups is 1. The van der Waals surface area contributed by atoms with Gasteiger partial charge in [-0.25, -0.2) is 0 Å². The van der Waals surface area contributed by atoms with Crippen LogP contribution in [0.3, 0.4) is 0 Å². The third-order valence-electron chi connectivity index (χ3n) is 2.25. The quantitative estimate of drug-likeness (QED) is 0.439. The lowest BCUT2D eigenvalue weighted by Crippen LogP contribution is -2.41. The van der Waals surface area contributed by atoms with E-state index in [1.54, 1.807) is 14.0 Å². The number of nitrogens with zero attached hydrogens (tertiary/aromatic N) is 1. The molecule has 4 nitrogen and oxygen atoms in total. The first-order valence-corrected chi connectivity index (χ1v) is 4.80. The molecule has 1 rings (SSSR count). The van der Waals surface area contributed by atoms with Crippen LogP contribution in [0.5, 0.6) is 0 Å². The lowest BCUT2D eigenvalue weighted by Gasteiger charge is -2.24. The van der Waals surface area contributed by atoms with Gasteiger partial charge in [0.25, 0.3) is 0 Å². The molecule has 0 heterocycles. The smallest absolute Gasteiger partial charge is 0.188 e. The van der Waals surface area contributed by atoms with Gasteiger partial charge < -0.3 is 16.2 Å². The Labute approximate surface area is 113 Å². The number of nitrogens with one attached hydrogen (secondary N) is 1. The van der Waals surface area contributed by atoms with Crippen molar-refractivity contribution in [1.29, 1.82) is 0 Å². The maximum atomic E-state index is 10.2. The van der Waals surface area contributed by atoms with Gasteiger partial charge in [-0.15, -0.1) is 24.0 Å². The molecule has 16 heavy (non-hydrogen) atoms. The zero-order chi connectivity index (χ0) is 11.3. The molecule has 5 heteroatoms. The molecule has 1 aromatic rings. The molecule has 1 atom stereocenters. The Hall–Kier alpha value is -0.820. The molecule has 0 radical (unpaired) electrons. The fraction of sp³-hybridized carbons (Fsp3) is 0.364. The highest BCUT2D eigenvalue weighted by Gasteiger charge is 2.22. The number of benzene rings is 1. The molecule has 0 aliphatic carbocycles. The second kappa shape index (κ2) is 6.70. The van der Waals surface area contributed by atoms with E-state index in [0.29, 0.717) is 12.5 Å². The zero-order valence-electron chi connectivity index (χ0n) is 9.47. The summed E-state index contributed by atoms with van der Waals surface area (Å²) in [6, 6.07) is 9.44. The van der Waals surface area contributed by atoms with Gasteiger partial charge in [-0.1, -0.05) is 30.3 Å². The van der Waals surface area contributed by atoms with Crippen LogP contribution in [0.25, 0.3) is 0 Å². The van der Waals surface area contributed by atoms with Crippen LogP contribution in [0.1, 0.15) is 12.5 Å². The van der Waals surface area contributed by atoms with Crippen LogP contribution in [-0.4, -0.2) is 24.7 Å². The van der Waals surface area contributed by atoms with Crippen molar-refractivity contribution < 1.29 is 5.11 Å². The van der Waals surface area contributed by atoms with E-state index < -0.39 is 5.60 Å². The van der Waals surface area contributed by atoms with E-state index in [4.69, 9.17) is 5.73 Å². The summed E-state index contributed by atoms with van der Waals surface area (Å²) < 4.78 is 0. The highest BCUT2D eigenvalue weighted by molar-refractivity contribution is 14.0. The number of aliphatic hydroxyl groups is 1. The molecule has 0 saturated heterocycles. The van der Waals surface area contributed by atoms with E-state index in [1.807, 2.05) is 30.3 Å². The lowest BCUT2D eigenvalue weighted by molar-refractivity contribution is 0.0618. The first-order chi connectivity index (χ1) is 7.06. The van der Waals surface area contributed by atoms with Gasteiger partial charge in [-0.2, -0.15) is 0 Å². The van der Waals surface area contributed by atoms with Crippen molar-refractivity contribution in [1.82, 2.24) is 5.32 Å². The Morgan fingerprint density at radius 2 is 2.00 bits per heavy atom. The normalized spacial score (nSPS) is 14.8. The van der Waals surface area contributed by atoms with E-state index >= 15 is 0 Å². The largest absolute Gasteiger partial charge is 0.384 e. The predicted octanol–water partition coefficient (Wildman–Crippen LogP) is 1.05. The average molecular weight is 335 g/mol. The van der Waals surface area contributed by atoms with Crippen molar-refractivity contribution in [2.24, 2.45) is 10.7 Å². The summed E-state index contributed by atoms with van der Waals surface area (Å²) in [4.78, 5) is 3.76. The third kappa shape index (κ3) is 4.36. The zero-order valence-corrected chi connectivity index (χ0v) is 11.8. The number of guanidine groups is 1. The molecule has 1 unspecified atom stereocenters. The van der Waals surface area contributed by atoms with E-state index in [2.05, 4.69) is 10.3 Å². The number of rotatable bonds is 3. The summed E-state index contributed by atoms with van der Waals surface area (Å²) in [5.74, 6) is 0.325. The summed E-state index contributed by atoms with van der Waals surface area (Å²) in [6.45, 7) is 2.07. The predicted molar refractivity (Wildman–Crippen MR) is 77.0 cm³/mol. The van der Waals surface area contributed by atoms with Gasteiger partial charge in [0, 0.05) is 7.05 Å². The molecule has 0 saturated carbocycles. The van der Waals surface area contributed by atoms with Crippen molar-refractivity contribution in [3.8, 4) is 0 Å². The highest BCUT2D eigenvalue weighted by atomic mass is 127. The van der Waals surface area contributed by atoms with Crippen LogP contribution in [0.2, 0.25) is 0 Å². The molecule has 4 N–H and O–H groups in total. The van der Waals surface area contributed by atoms with Crippen LogP contribution < -0.4 is 11.1 Å². The standard InChI is InChI=1S/C11H17N3O.HI/c1-11(15,8-14-10(12)13-2)9-6-4-3-5-7-9;/h3-7,15H,8H2,1-2H3,(H3,12,13,14);1H. The minimum absolute atomic E-state index is 0. The Kier molecular flexibility index (Phi) is 6.35. The van der Waals surface area contributed by atoms with Gasteiger partial charge in [0.05, 0.1) is 6.54 Å². The maximum Gasteiger partial charge on any atom is 0.188 e. The SMILES string of the molecule is CN=C(N)NCC(C)(O)c1ccccc1.I. The Bertz CT molecular complexity index is 338. The van der Waals surface area contributed by atoms with Crippen molar-refractivity contribution in [2.75, 3.05) is 13.6 Å². The second-order valence-corrected chi connectivity index (χ2v) is 3.60. The second-order valence-electron chi connectivity index (χ2n) is 3.60.